The third-order valence-corrected chi connectivity index (χ3v) is 3.63. The van der Waals surface area contributed by atoms with Crippen molar-refractivity contribution in [3.8, 4) is 5.75 Å². The number of aromatic nitrogens is 2. The zero-order valence-corrected chi connectivity index (χ0v) is 12.2. The Morgan fingerprint density at radius 1 is 1.43 bits per heavy atom. The number of hydrogen-bond acceptors (Lipinski definition) is 6. The number of rotatable bonds is 5. The van der Waals surface area contributed by atoms with E-state index in [1.165, 1.54) is 13.2 Å². The molecule has 8 heteroatoms. The second kappa shape index (κ2) is 6.31. The van der Waals surface area contributed by atoms with E-state index in [0.717, 1.165) is 11.5 Å². The Balaban J connectivity index is 2.10. The predicted molar refractivity (Wildman–Crippen MR) is 75.8 cm³/mol. The maximum atomic E-state index is 11.9. The average Bonchev–Trinajstić information content (AvgIpc) is 2.90. The molecule has 7 nitrogen and oxygen atoms in total. The molecule has 2 aromatic rings. The van der Waals surface area contributed by atoms with E-state index >= 15 is 0 Å². The van der Waals surface area contributed by atoms with E-state index in [1.807, 2.05) is 0 Å². The van der Waals surface area contributed by atoms with Crippen LogP contribution in [0.4, 0.5) is 0 Å². The van der Waals surface area contributed by atoms with E-state index < -0.39 is 5.97 Å². The summed E-state index contributed by atoms with van der Waals surface area (Å²) >= 11 is 1.02. The zero-order valence-electron chi connectivity index (χ0n) is 11.4. The molecule has 0 unspecified atom stereocenters. The van der Waals surface area contributed by atoms with Crippen molar-refractivity contribution >= 4 is 23.4 Å². The van der Waals surface area contributed by atoms with Crippen molar-refractivity contribution < 1.29 is 19.4 Å². The Morgan fingerprint density at radius 3 is 2.76 bits per heavy atom. The summed E-state index contributed by atoms with van der Waals surface area (Å²) in [5.74, 6) is -1.09. The predicted octanol–water partition coefficient (Wildman–Crippen LogP) is 1.48. The van der Waals surface area contributed by atoms with Crippen molar-refractivity contribution in [2.75, 3.05) is 7.11 Å². The van der Waals surface area contributed by atoms with Crippen molar-refractivity contribution in [1.29, 1.82) is 0 Å². The van der Waals surface area contributed by atoms with Crippen LogP contribution in [-0.4, -0.2) is 33.7 Å². The van der Waals surface area contributed by atoms with Crippen molar-refractivity contribution in [2.45, 2.75) is 13.5 Å². The van der Waals surface area contributed by atoms with Crippen LogP contribution in [0.15, 0.2) is 18.2 Å². The summed E-state index contributed by atoms with van der Waals surface area (Å²) in [5.41, 5.74) is 1.29. The number of carboxylic acid groups (broad SMARTS) is 1. The largest absolute Gasteiger partial charge is 0.496 e. The third-order valence-electron chi connectivity index (χ3n) is 2.81. The van der Waals surface area contributed by atoms with Gasteiger partial charge in [0.1, 0.15) is 16.2 Å². The molecular formula is C13H13N3O4S. The molecule has 2 rings (SSSR count). The van der Waals surface area contributed by atoms with Crippen LogP contribution in [0, 0.1) is 6.92 Å². The molecule has 0 spiro atoms. The molecule has 0 aliphatic heterocycles. The normalized spacial score (nSPS) is 10.2. The maximum Gasteiger partial charge on any atom is 0.339 e. The summed E-state index contributed by atoms with van der Waals surface area (Å²) in [7, 11) is 1.41. The van der Waals surface area contributed by atoms with Gasteiger partial charge in [-0.15, -0.1) is 5.10 Å². The van der Waals surface area contributed by atoms with Crippen molar-refractivity contribution in [2.24, 2.45) is 0 Å². The minimum absolute atomic E-state index is 0.0555. The number of carbonyl (C=O) groups excluding carboxylic acids is 1. The van der Waals surface area contributed by atoms with E-state index in [0.29, 0.717) is 16.1 Å². The van der Waals surface area contributed by atoms with Gasteiger partial charge >= 0.3 is 5.97 Å². The zero-order chi connectivity index (χ0) is 15.4. The Kier molecular flexibility index (Phi) is 4.49. The van der Waals surface area contributed by atoms with Gasteiger partial charge in [0.2, 0.25) is 0 Å². The summed E-state index contributed by atoms with van der Waals surface area (Å²) < 4.78 is 8.67. The van der Waals surface area contributed by atoms with Gasteiger partial charge in [0, 0.05) is 6.54 Å². The molecule has 0 saturated carbocycles. The maximum absolute atomic E-state index is 11.9. The first-order valence-corrected chi connectivity index (χ1v) is 6.77. The molecule has 0 aliphatic carbocycles. The number of carboxylic acids is 1. The van der Waals surface area contributed by atoms with Crippen molar-refractivity contribution in [3.63, 3.8) is 0 Å². The molecule has 0 atom stereocenters. The lowest BCUT2D eigenvalue weighted by atomic mass is 10.1. The molecule has 2 N–H and O–H groups in total. The van der Waals surface area contributed by atoms with Gasteiger partial charge in [0.25, 0.3) is 5.91 Å². The number of aromatic carboxylic acids is 1. The molecule has 110 valence electrons. The van der Waals surface area contributed by atoms with Crippen LogP contribution in [-0.2, 0) is 6.54 Å². The molecule has 0 aliphatic rings. The fraction of sp³-hybridized carbons (Fsp3) is 0.231. The third kappa shape index (κ3) is 3.34. The van der Waals surface area contributed by atoms with Gasteiger partial charge < -0.3 is 15.2 Å². The van der Waals surface area contributed by atoms with Crippen molar-refractivity contribution in [3.05, 3.63) is 39.9 Å². The van der Waals surface area contributed by atoms with Gasteiger partial charge in [-0.25, -0.2) is 4.79 Å². The Bertz CT molecular complexity index is 684. The minimum atomic E-state index is -1.08. The summed E-state index contributed by atoms with van der Waals surface area (Å²) in [4.78, 5) is 23.5. The first kappa shape index (κ1) is 14.9. The van der Waals surface area contributed by atoms with E-state index in [9.17, 15) is 9.59 Å². The summed E-state index contributed by atoms with van der Waals surface area (Å²) in [6.07, 6.45) is 0. The highest BCUT2D eigenvalue weighted by atomic mass is 32.1. The lowest BCUT2D eigenvalue weighted by Gasteiger charge is -2.08. The molecule has 0 saturated heterocycles. The average molecular weight is 307 g/mol. The summed E-state index contributed by atoms with van der Waals surface area (Å²) in [5, 5.41) is 15.6. The molecule has 1 aromatic heterocycles. The number of nitrogens with one attached hydrogen (secondary N) is 1. The Hall–Kier alpha value is -2.48. The minimum Gasteiger partial charge on any atom is -0.496 e. The van der Waals surface area contributed by atoms with Crippen LogP contribution in [0.1, 0.15) is 31.3 Å². The fourth-order valence-electron chi connectivity index (χ4n) is 1.73. The molecule has 0 fully saturated rings. The van der Waals surface area contributed by atoms with Gasteiger partial charge in [0.05, 0.1) is 12.8 Å². The molecule has 1 amide bonds. The standard InChI is InChI=1S/C13H13N3O4S/c1-7-11(21-16-15-7)12(17)14-6-8-3-4-10(20-2)9(5-8)13(18)19/h3-5H,6H2,1-2H3,(H,14,17)(H,18,19). The lowest BCUT2D eigenvalue weighted by Crippen LogP contribution is -2.22. The van der Waals surface area contributed by atoms with E-state index in [4.69, 9.17) is 9.84 Å². The topological polar surface area (TPSA) is 101 Å². The number of carbonyl (C=O) groups is 2. The highest BCUT2D eigenvalue weighted by molar-refractivity contribution is 7.07. The SMILES string of the molecule is COc1ccc(CNC(=O)c2snnc2C)cc1C(=O)O. The molecule has 1 heterocycles. The molecule has 21 heavy (non-hydrogen) atoms. The molecular weight excluding hydrogens is 294 g/mol. The molecule has 0 radical (unpaired) electrons. The van der Waals surface area contributed by atoms with Crippen molar-refractivity contribution in [1.82, 2.24) is 14.9 Å². The highest BCUT2D eigenvalue weighted by Gasteiger charge is 2.14. The second-order valence-corrected chi connectivity index (χ2v) is 4.96. The summed E-state index contributed by atoms with van der Waals surface area (Å²) in [6, 6.07) is 4.73. The lowest BCUT2D eigenvalue weighted by molar-refractivity contribution is 0.0693. The van der Waals surface area contributed by atoms with Crippen LogP contribution in [0.25, 0.3) is 0 Å². The van der Waals surface area contributed by atoms with Crippen LogP contribution in [0.2, 0.25) is 0 Å². The van der Waals surface area contributed by atoms with Gasteiger partial charge in [-0.1, -0.05) is 10.6 Å². The van der Waals surface area contributed by atoms with Crippen LogP contribution in [0.5, 0.6) is 5.75 Å². The first-order valence-electron chi connectivity index (χ1n) is 6.00. The Morgan fingerprint density at radius 2 is 2.19 bits per heavy atom. The Labute approximate surface area is 124 Å². The number of nitrogens with zero attached hydrogens (tertiary/aromatic N) is 2. The van der Waals surface area contributed by atoms with Gasteiger partial charge in [0.15, 0.2) is 0 Å². The number of methoxy groups -OCH3 is 1. The number of hydrogen-bond donors (Lipinski definition) is 2. The fourth-order valence-corrected chi connectivity index (χ4v) is 2.31. The molecule has 1 aromatic carbocycles. The smallest absolute Gasteiger partial charge is 0.339 e. The highest BCUT2D eigenvalue weighted by Crippen LogP contribution is 2.20. The quantitative estimate of drug-likeness (QED) is 0.867. The van der Waals surface area contributed by atoms with Gasteiger partial charge in [-0.2, -0.15) is 0 Å². The summed E-state index contributed by atoms with van der Waals surface area (Å²) in [6.45, 7) is 1.91. The number of benzene rings is 1. The van der Waals surface area contributed by atoms with Crippen LogP contribution in [0.3, 0.4) is 0 Å². The van der Waals surface area contributed by atoms with E-state index in [2.05, 4.69) is 14.9 Å². The number of aryl methyl sites for hydroxylation is 1. The van der Waals surface area contributed by atoms with Gasteiger partial charge in [-0.05, 0) is 36.2 Å². The number of ether oxygens (including phenoxy) is 1. The molecule has 0 bridgehead atoms. The monoisotopic (exact) mass is 307 g/mol. The van der Waals surface area contributed by atoms with Crippen LogP contribution < -0.4 is 10.1 Å². The van der Waals surface area contributed by atoms with E-state index in [-0.39, 0.29) is 23.8 Å². The van der Waals surface area contributed by atoms with Gasteiger partial charge in [-0.3, -0.25) is 4.79 Å². The van der Waals surface area contributed by atoms with E-state index in [1.54, 1.807) is 19.1 Å². The number of amides is 1. The second-order valence-electron chi connectivity index (χ2n) is 4.21. The van der Waals surface area contributed by atoms with Crippen LogP contribution >= 0.6 is 11.5 Å². The first-order chi connectivity index (χ1) is 10.0.